The third-order valence-corrected chi connectivity index (χ3v) is 2.79. The van der Waals surface area contributed by atoms with Crippen LogP contribution in [0.1, 0.15) is 0 Å². The molecule has 0 unspecified atom stereocenters. The summed E-state index contributed by atoms with van der Waals surface area (Å²) in [6, 6.07) is 7.35. The molecule has 0 aliphatic rings. The molecule has 1 aromatic carbocycles. The van der Waals surface area contributed by atoms with E-state index >= 15 is 0 Å². The smallest absolute Gasteiger partial charge is 0.266 e. The maximum absolute atomic E-state index is 11.1. The highest BCUT2D eigenvalue weighted by molar-refractivity contribution is 5.80. The Morgan fingerprint density at radius 1 is 1.33 bits per heavy atom. The maximum Gasteiger partial charge on any atom is 0.266 e. The number of fused-ring (bicyclic) bond motifs is 1. The third-order valence-electron chi connectivity index (χ3n) is 2.79. The summed E-state index contributed by atoms with van der Waals surface area (Å²) >= 11 is 0. The Kier molecular flexibility index (Phi) is 2.16. The quantitative estimate of drug-likeness (QED) is 0.662. The molecule has 3 rings (SSSR count). The van der Waals surface area contributed by atoms with Gasteiger partial charge in [0.1, 0.15) is 5.82 Å². The second kappa shape index (κ2) is 3.69. The molecule has 2 heterocycles. The number of benzene rings is 1. The van der Waals surface area contributed by atoms with Gasteiger partial charge in [-0.3, -0.25) is 9.48 Å². The minimum atomic E-state index is -0.211. The van der Waals surface area contributed by atoms with Crippen LogP contribution in [0.3, 0.4) is 0 Å². The minimum Gasteiger partial charge on any atom is -0.384 e. The highest BCUT2D eigenvalue weighted by Crippen LogP contribution is 2.22. The van der Waals surface area contributed by atoms with Crippen LogP contribution in [0.15, 0.2) is 35.3 Å². The van der Waals surface area contributed by atoms with Crippen molar-refractivity contribution in [2.75, 3.05) is 5.73 Å². The highest BCUT2D eigenvalue weighted by Gasteiger charge is 2.06. The second-order valence-electron chi connectivity index (χ2n) is 4.06. The van der Waals surface area contributed by atoms with Crippen molar-refractivity contribution in [1.29, 1.82) is 0 Å². The molecular weight excluding hydrogens is 230 g/mol. The Hall–Kier alpha value is -2.63. The van der Waals surface area contributed by atoms with Gasteiger partial charge in [0.25, 0.3) is 5.56 Å². The number of nitrogens with two attached hydrogens (primary N) is 1. The van der Waals surface area contributed by atoms with Crippen LogP contribution >= 0.6 is 0 Å². The Labute approximate surface area is 102 Å². The van der Waals surface area contributed by atoms with E-state index < -0.39 is 0 Å². The Morgan fingerprint density at radius 2 is 2.17 bits per heavy atom. The Balaban J connectivity index is 2.19. The van der Waals surface area contributed by atoms with E-state index in [1.54, 1.807) is 17.8 Å². The molecule has 3 aromatic rings. The summed E-state index contributed by atoms with van der Waals surface area (Å²) in [6.07, 6.45) is 1.26. The molecule has 0 bridgehead atoms. The van der Waals surface area contributed by atoms with Gasteiger partial charge in [-0.1, -0.05) is 6.07 Å². The topological polar surface area (TPSA) is 89.6 Å². The average molecular weight is 241 g/mol. The van der Waals surface area contributed by atoms with Gasteiger partial charge in [0, 0.05) is 18.7 Å². The number of rotatable bonds is 1. The summed E-state index contributed by atoms with van der Waals surface area (Å²) in [6.45, 7) is 0. The molecule has 3 N–H and O–H groups in total. The van der Waals surface area contributed by atoms with Crippen LogP contribution in [-0.2, 0) is 7.05 Å². The van der Waals surface area contributed by atoms with Crippen LogP contribution in [0.4, 0.5) is 5.82 Å². The van der Waals surface area contributed by atoms with Crippen LogP contribution < -0.4 is 11.3 Å². The zero-order valence-electron chi connectivity index (χ0n) is 9.71. The van der Waals surface area contributed by atoms with Crippen LogP contribution in [0.5, 0.6) is 0 Å². The molecule has 0 atom stereocenters. The number of aromatic nitrogens is 4. The molecule has 0 spiro atoms. The number of nitrogens with zero attached hydrogens (tertiary/aromatic N) is 3. The monoisotopic (exact) mass is 241 g/mol. The van der Waals surface area contributed by atoms with Gasteiger partial charge in [0.15, 0.2) is 0 Å². The number of hydrogen-bond acceptors (Lipinski definition) is 4. The van der Waals surface area contributed by atoms with Crippen molar-refractivity contribution in [3.63, 3.8) is 0 Å². The van der Waals surface area contributed by atoms with Crippen molar-refractivity contribution < 1.29 is 0 Å². The first-order chi connectivity index (χ1) is 8.63. The number of aromatic amines is 1. The third kappa shape index (κ3) is 1.64. The van der Waals surface area contributed by atoms with E-state index in [1.807, 2.05) is 18.2 Å². The van der Waals surface area contributed by atoms with Crippen molar-refractivity contribution >= 4 is 16.9 Å². The minimum absolute atomic E-state index is 0.211. The zero-order chi connectivity index (χ0) is 12.7. The van der Waals surface area contributed by atoms with Crippen LogP contribution in [0, 0.1) is 0 Å². The fraction of sp³-hybridized carbons (Fsp3) is 0.0833. The molecule has 2 aromatic heterocycles. The molecule has 0 radical (unpaired) electrons. The van der Waals surface area contributed by atoms with Gasteiger partial charge in [-0.25, -0.2) is 4.98 Å². The first-order valence-corrected chi connectivity index (χ1v) is 5.42. The Bertz CT molecular complexity index is 767. The molecule has 90 valence electrons. The molecular formula is C12H11N5O. The van der Waals surface area contributed by atoms with Crippen molar-refractivity contribution in [1.82, 2.24) is 19.7 Å². The van der Waals surface area contributed by atoms with Crippen molar-refractivity contribution in [3.05, 3.63) is 40.8 Å². The van der Waals surface area contributed by atoms with Gasteiger partial charge in [-0.05, 0) is 12.1 Å². The number of aryl methyl sites for hydroxylation is 1. The predicted octanol–water partition coefficient (Wildman–Crippen LogP) is 0.906. The van der Waals surface area contributed by atoms with Crippen molar-refractivity contribution in [3.8, 4) is 11.3 Å². The number of H-pyrrole nitrogens is 1. The number of nitrogen functional groups attached to an aromatic ring is 1. The van der Waals surface area contributed by atoms with Gasteiger partial charge < -0.3 is 10.7 Å². The summed E-state index contributed by atoms with van der Waals surface area (Å²) in [5.41, 5.74) is 8.65. The summed E-state index contributed by atoms with van der Waals surface area (Å²) in [5.74, 6) is 0.597. The van der Waals surface area contributed by atoms with E-state index in [0.29, 0.717) is 11.3 Å². The molecule has 0 aliphatic heterocycles. The second-order valence-corrected chi connectivity index (χ2v) is 4.06. The lowest BCUT2D eigenvalue weighted by Crippen LogP contribution is -2.04. The standard InChI is InChI=1S/C12H11N5O/c1-17-11(13)5-9(16-17)7-2-3-8-10(4-7)14-6-12(18)15-8/h2-6H,13H2,1H3,(H,15,18). The SMILES string of the molecule is Cn1nc(-c2ccc3[nH]c(=O)cnc3c2)cc1N. The fourth-order valence-electron chi connectivity index (χ4n) is 1.82. The van der Waals surface area contributed by atoms with Crippen molar-refractivity contribution in [2.24, 2.45) is 7.05 Å². The van der Waals surface area contributed by atoms with E-state index in [2.05, 4.69) is 15.1 Å². The average Bonchev–Trinajstić information content (AvgIpc) is 2.69. The molecule has 0 saturated carbocycles. The summed E-state index contributed by atoms with van der Waals surface area (Å²) in [5, 5.41) is 4.30. The van der Waals surface area contributed by atoms with E-state index in [1.165, 1.54) is 6.20 Å². The normalized spacial score (nSPS) is 10.9. The summed E-state index contributed by atoms with van der Waals surface area (Å²) in [7, 11) is 1.79. The van der Waals surface area contributed by atoms with Gasteiger partial charge >= 0.3 is 0 Å². The number of hydrogen-bond donors (Lipinski definition) is 2. The summed E-state index contributed by atoms with van der Waals surface area (Å²) in [4.78, 5) is 17.9. The summed E-state index contributed by atoms with van der Waals surface area (Å²) < 4.78 is 1.61. The van der Waals surface area contributed by atoms with Crippen molar-refractivity contribution in [2.45, 2.75) is 0 Å². The number of nitrogens with one attached hydrogen (secondary N) is 1. The van der Waals surface area contributed by atoms with E-state index in [-0.39, 0.29) is 5.56 Å². The van der Waals surface area contributed by atoms with Crippen LogP contribution in [0.2, 0.25) is 0 Å². The van der Waals surface area contributed by atoms with Gasteiger partial charge in [-0.15, -0.1) is 0 Å². The van der Waals surface area contributed by atoms with E-state index in [4.69, 9.17) is 5.73 Å². The largest absolute Gasteiger partial charge is 0.384 e. The lowest BCUT2D eigenvalue weighted by molar-refractivity contribution is 0.782. The van der Waals surface area contributed by atoms with Gasteiger partial charge in [-0.2, -0.15) is 5.10 Å². The molecule has 0 amide bonds. The molecule has 0 fully saturated rings. The van der Waals surface area contributed by atoms with E-state index in [9.17, 15) is 4.79 Å². The first-order valence-electron chi connectivity index (χ1n) is 5.42. The lowest BCUT2D eigenvalue weighted by Gasteiger charge is -1.99. The van der Waals surface area contributed by atoms with Crippen LogP contribution in [0.25, 0.3) is 22.3 Å². The molecule has 6 heteroatoms. The molecule has 18 heavy (non-hydrogen) atoms. The Morgan fingerprint density at radius 3 is 2.89 bits per heavy atom. The zero-order valence-corrected chi connectivity index (χ0v) is 9.71. The highest BCUT2D eigenvalue weighted by atomic mass is 16.1. The number of anilines is 1. The maximum atomic E-state index is 11.1. The first kappa shape index (κ1) is 10.5. The fourth-order valence-corrected chi connectivity index (χ4v) is 1.82. The lowest BCUT2D eigenvalue weighted by atomic mass is 10.1. The molecule has 0 aliphatic carbocycles. The van der Waals surface area contributed by atoms with Gasteiger partial charge in [0.05, 0.1) is 22.9 Å². The molecule has 6 nitrogen and oxygen atoms in total. The molecule has 0 saturated heterocycles. The van der Waals surface area contributed by atoms with Crippen LogP contribution in [-0.4, -0.2) is 19.7 Å². The van der Waals surface area contributed by atoms with E-state index in [0.717, 1.165) is 16.8 Å². The predicted molar refractivity (Wildman–Crippen MR) is 69.0 cm³/mol. The van der Waals surface area contributed by atoms with Gasteiger partial charge in [0.2, 0.25) is 0 Å².